The molecule has 0 aliphatic heterocycles. The van der Waals surface area contributed by atoms with E-state index in [2.05, 4.69) is 12.1 Å². The highest BCUT2D eigenvalue weighted by molar-refractivity contribution is 5.80. The van der Waals surface area contributed by atoms with Gasteiger partial charge in [-0.15, -0.1) is 0 Å². The number of hydrogen-bond acceptors (Lipinski definition) is 3. The van der Waals surface area contributed by atoms with Crippen LogP contribution >= 0.6 is 0 Å². The number of carbonyl (C=O) groups excluding carboxylic acids is 1. The summed E-state index contributed by atoms with van der Waals surface area (Å²) in [6.45, 7) is 0. The van der Waals surface area contributed by atoms with Gasteiger partial charge in [0.15, 0.2) is 0 Å². The number of methoxy groups -OCH3 is 1. The Labute approximate surface area is 124 Å². The van der Waals surface area contributed by atoms with E-state index in [1.165, 1.54) is 12.7 Å². The van der Waals surface area contributed by atoms with Crippen molar-refractivity contribution in [3.8, 4) is 11.1 Å². The second kappa shape index (κ2) is 7.02. The molecule has 110 valence electrons. The zero-order chi connectivity index (χ0) is 15.2. The van der Waals surface area contributed by atoms with Gasteiger partial charge in [0.1, 0.15) is 6.04 Å². The molecule has 0 aliphatic rings. The van der Waals surface area contributed by atoms with E-state index in [9.17, 15) is 4.79 Å². The van der Waals surface area contributed by atoms with Gasteiger partial charge in [-0.05, 0) is 16.7 Å². The molecule has 2 rings (SSSR count). The van der Waals surface area contributed by atoms with Gasteiger partial charge >= 0.3 is 0 Å². The summed E-state index contributed by atoms with van der Waals surface area (Å²) in [5.74, 6) is -0.553. The van der Waals surface area contributed by atoms with Crippen LogP contribution in [-0.2, 0) is 16.0 Å². The van der Waals surface area contributed by atoms with E-state index >= 15 is 0 Å². The highest BCUT2D eigenvalue weighted by Gasteiger charge is 2.22. The Hall–Kier alpha value is -2.17. The molecule has 0 saturated carbocycles. The molecular formula is C17H20N2O2. The summed E-state index contributed by atoms with van der Waals surface area (Å²) in [5.41, 5.74) is 14.3. The summed E-state index contributed by atoms with van der Waals surface area (Å²) >= 11 is 0. The van der Waals surface area contributed by atoms with Crippen LogP contribution in [0.4, 0.5) is 0 Å². The molecule has 0 fully saturated rings. The lowest BCUT2D eigenvalue weighted by Gasteiger charge is -2.20. The Morgan fingerprint density at radius 1 is 1.05 bits per heavy atom. The van der Waals surface area contributed by atoms with Gasteiger partial charge in [0.05, 0.1) is 6.10 Å². The van der Waals surface area contributed by atoms with E-state index in [1.54, 1.807) is 0 Å². The highest BCUT2D eigenvalue weighted by Crippen LogP contribution is 2.20. The number of benzene rings is 2. The summed E-state index contributed by atoms with van der Waals surface area (Å²) < 4.78 is 5.27. The molecule has 4 nitrogen and oxygen atoms in total. The average Bonchev–Trinajstić information content (AvgIpc) is 2.53. The first-order valence-electron chi connectivity index (χ1n) is 6.84. The summed E-state index contributed by atoms with van der Waals surface area (Å²) in [6.07, 6.45) is 0.139. The predicted octanol–water partition coefficient (Wildman–Crippen LogP) is 1.72. The van der Waals surface area contributed by atoms with Crippen molar-refractivity contribution in [3.63, 3.8) is 0 Å². The van der Waals surface area contributed by atoms with Gasteiger partial charge < -0.3 is 16.2 Å². The molecule has 0 aromatic heterocycles. The van der Waals surface area contributed by atoms with Crippen LogP contribution in [-0.4, -0.2) is 25.2 Å². The quantitative estimate of drug-likeness (QED) is 0.848. The Morgan fingerprint density at radius 3 is 2.14 bits per heavy atom. The fraction of sp³-hybridized carbons (Fsp3) is 0.235. The fourth-order valence-electron chi connectivity index (χ4n) is 2.24. The maximum Gasteiger partial charge on any atom is 0.237 e. The number of amides is 1. The van der Waals surface area contributed by atoms with Crippen molar-refractivity contribution in [2.75, 3.05) is 7.11 Å². The zero-order valence-corrected chi connectivity index (χ0v) is 12.0. The summed E-state index contributed by atoms with van der Waals surface area (Å²) in [7, 11) is 1.53. The first-order valence-corrected chi connectivity index (χ1v) is 6.84. The van der Waals surface area contributed by atoms with Gasteiger partial charge in [-0.1, -0.05) is 54.6 Å². The molecule has 0 radical (unpaired) electrons. The smallest absolute Gasteiger partial charge is 0.237 e. The van der Waals surface area contributed by atoms with Crippen molar-refractivity contribution < 1.29 is 9.53 Å². The minimum absolute atomic E-state index is 0.412. The SMILES string of the molecule is COC(Cc1ccc(-c2ccccc2)cc1)C(N)C(N)=O. The molecule has 0 spiro atoms. The fourth-order valence-corrected chi connectivity index (χ4v) is 2.24. The van der Waals surface area contributed by atoms with Gasteiger partial charge in [-0.2, -0.15) is 0 Å². The second-order valence-electron chi connectivity index (χ2n) is 4.97. The van der Waals surface area contributed by atoms with Gasteiger partial charge in [-0.3, -0.25) is 4.79 Å². The largest absolute Gasteiger partial charge is 0.379 e. The maximum absolute atomic E-state index is 11.1. The molecule has 2 unspecified atom stereocenters. The van der Waals surface area contributed by atoms with Crippen molar-refractivity contribution >= 4 is 5.91 Å². The lowest BCUT2D eigenvalue weighted by molar-refractivity contribution is -0.122. The van der Waals surface area contributed by atoms with Gasteiger partial charge in [0.25, 0.3) is 0 Å². The van der Waals surface area contributed by atoms with Crippen molar-refractivity contribution in [1.82, 2.24) is 0 Å². The van der Waals surface area contributed by atoms with Crippen LogP contribution < -0.4 is 11.5 Å². The monoisotopic (exact) mass is 284 g/mol. The molecule has 0 heterocycles. The van der Waals surface area contributed by atoms with Gasteiger partial charge in [-0.25, -0.2) is 0 Å². The van der Waals surface area contributed by atoms with E-state index in [1.807, 2.05) is 42.5 Å². The molecule has 1 amide bonds. The third-order valence-corrected chi connectivity index (χ3v) is 3.53. The van der Waals surface area contributed by atoms with Crippen LogP contribution in [0.15, 0.2) is 54.6 Å². The minimum Gasteiger partial charge on any atom is -0.379 e. The molecular weight excluding hydrogens is 264 g/mol. The molecule has 21 heavy (non-hydrogen) atoms. The van der Waals surface area contributed by atoms with Crippen LogP contribution in [0.3, 0.4) is 0 Å². The molecule has 0 aliphatic carbocycles. The van der Waals surface area contributed by atoms with Crippen LogP contribution in [0.5, 0.6) is 0 Å². The first kappa shape index (κ1) is 15.2. The number of ether oxygens (including phenoxy) is 1. The molecule has 2 atom stereocenters. The number of carbonyl (C=O) groups is 1. The lowest BCUT2D eigenvalue weighted by atomic mass is 9.99. The number of nitrogens with two attached hydrogens (primary N) is 2. The normalized spacial score (nSPS) is 13.6. The summed E-state index contributed by atoms with van der Waals surface area (Å²) in [6, 6.07) is 17.5. The van der Waals surface area contributed by atoms with Gasteiger partial charge in [0.2, 0.25) is 5.91 Å². The Bertz CT molecular complexity index is 581. The first-order chi connectivity index (χ1) is 10.1. The van der Waals surface area contributed by atoms with E-state index in [4.69, 9.17) is 16.2 Å². The topological polar surface area (TPSA) is 78.3 Å². The standard InChI is InChI=1S/C17H20N2O2/c1-21-15(16(18)17(19)20)11-12-7-9-14(10-8-12)13-5-3-2-4-6-13/h2-10,15-16H,11,18H2,1H3,(H2,19,20). The Morgan fingerprint density at radius 2 is 1.62 bits per heavy atom. The van der Waals surface area contributed by atoms with Crippen molar-refractivity contribution in [2.45, 2.75) is 18.6 Å². The van der Waals surface area contributed by atoms with Gasteiger partial charge in [0, 0.05) is 13.5 Å². The molecule has 2 aromatic rings. The number of rotatable bonds is 6. The van der Waals surface area contributed by atoms with Crippen LogP contribution in [0.25, 0.3) is 11.1 Å². The van der Waals surface area contributed by atoms with Crippen LogP contribution in [0, 0.1) is 0 Å². The third-order valence-electron chi connectivity index (χ3n) is 3.53. The number of hydrogen-bond donors (Lipinski definition) is 2. The van der Waals surface area contributed by atoms with Crippen molar-refractivity contribution in [1.29, 1.82) is 0 Å². The second-order valence-corrected chi connectivity index (χ2v) is 4.97. The Kier molecular flexibility index (Phi) is 5.09. The molecule has 0 bridgehead atoms. The van der Waals surface area contributed by atoms with Crippen molar-refractivity contribution in [3.05, 3.63) is 60.2 Å². The zero-order valence-electron chi connectivity index (χ0n) is 12.0. The predicted molar refractivity (Wildman–Crippen MR) is 83.5 cm³/mol. The molecule has 2 aromatic carbocycles. The van der Waals surface area contributed by atoms with E-state index < -0.39 is 18.1 Å². The van der Waals surface area contributed by atoms with Crippen molar-refractivity contribution in [2.24, 2.45) is 11.5 Å². The summed E-state index contributed by atoms with van der Waals surface area (Å²) in [5, 5.41) is 0. The number of primary amides is 1. The molecule has 4 heteroatoms. The third kappa shape index (κ3) is 3.90. The minimum atomic E-state index is -0.802. The average molecular weight is 284 g/mol. The lowest BCUT2D eigenvalue weighted by Crippen LogP contribution is -2.47. The van der Waals surface area contributed by atoms with E-state index in [0.717, 1.165) is 11.1 Å². The highest BCUT2D eigenvalue weighted by atomic mass is 16.5. The van der Waals surface area contributed by atoms with Crippen LogP contribution in [0.1, 0.15) is 5.56 Å². The Balaban J connectivity index is 2.10. The van der Waals surface area contributed by atoms with E-state index in [-0.39, 0.29) is 0 Å². The van der Waals surface area contributed by atoms with E-state index in [0.29, 0.717) is 6.42 Å². The molecule has 4 N–H and O–H groups in total. The molecule has 0 saturated heterocycles. The summed E-state index contributed by atoms with van der Waals surface area (Å²) in [4.78, 5) is 11.1. The maximum atomic E-state index is 11.1. The van der Waals surface area contributed by atoms with Crippen LogP contribution in [0.2, 0.25) is 0 Å².